The van der Waals surface area contributed by atoms with Gasteiger partial charge in [0.1, 0.15) is 10.3 Å². The first kappa shape index (κ1) is 12.4. The number of hydrogen-bond acceptors (Lipinski definition) is 4. The van der Waals surface area contributed by atoms with Gasteiger partial charge in [-0.1, -0.05) is 12.1 Å². The predicted octanol–water partition coefficient (Wildman–Crippen LogP) is 2.57. The molecule has 7 heteroatoms. The predicted molar refractivity (Wildman–Crippen MR) is 68.4 cm³/mol. The molecule has 0 bridgehead atoms. The fourth-order valence-corrected chi connectivity index (χ4v) is 1.96. The lowest BCUT2D eigenvalue weighted by atomic mass is 10.1. The van der Waals surface area contributed by atoms with Crippen molar-refractivity contribution >= 4 is 27.9 Å². The van der Waals surface area contributed by atoms with Gasteiger partial charge in [0, 0.05) is 24.7 Å². The van der Waals surface area contributed by atoms with E-state index in [0.717, 1.165) is 0 Å². The first-order valence-corrected chi connectivity index (χ1v) is 5.76. The van der Waals surface area contributed by atoms with Gasteiger partial charge in [-0.2, -0.15) is 5.10 Å². The lowest BCUT2D eigenvalue weighted by Crippen LogP contribution is -1.91. The van der Waals surface area contributed by atoms with Crippen LogP contribution in [0.2, 0.25) is 0 Å². The van der Waals surface area contributed by atoms with Gasteiger partial charge in [-0.15, -0.1) is 0 Å². The highest BCUT2D eigenvalue weighted by atomic mass is 79.9. The van der Waals surface area contributed by atoms with Crippen molar-refractivity contribution in [2.45, 2.75) is 0 Å². The number of aldehydes is 1. The zero-order chi connectivity index (χ0) is 13.3. The molecule has 1 aromatic heterocycles. The topological polar surface area (TPSA) is 78.0 Å². The minimum absolute atomic E-state index is 0.0360. The van der Waals surface area contributed by atoms with E-state index in [0.29, 0.717) is 27.7 Å². The normalized spacial score (nSPS) is 10.3. The Morgan fingerprint density at radius 1 is 1.50 bits per heavy atom. The zero-order valence-corrected chi connectivity index (χ0v) is 10.9. The summed E-state index contributed by atoms with van der Waals surface area (Å²) in [5.74, 6) is 0. The summed E-state index contributed by atoms with van der Waals surface area (Å²) in [4.78, 5) is 21.3. The van der Waals surface area contributed by atoms with E-state index >= 15 is 0 Å². The van der Waals surface area contributed by atoms with Crippen molar-refractivity contribution < 1.29 is 9.72 Å². The SMILES string of the molecule is Cn1nc(-c2cccc([N+](=O)[O-])c2)c(C=O)c1Br. The maximum Gasteiger partial charge on any atom is 0.270 e. The summed E-state index contributed by atoms with van der Waals surface area (Å²) >= 11 is 3.24. The summed E-state index contributed by atoms with van der Waals surface area (Å²) < 4.78 is 2.04. The van der Waals surface area contributed by atoms with Crippen molar-refractivity contribution in [2.24, 2.45) is 7.05 Å². The molecule has 0 spiro atoms. The summed E-state index contributed by atoms with van der Waals surface area (Å²) in [6, 6.07) is 6.02. The minimum atomic E-state index is -0.484. The quantitative estimate of drug-likeness (QED) is 0.496. The molecule has 0 unspecified atom stereocenters. The molecular weight excluding hydrogens is 302 g/mol. The molecule has 18 heavy (non-hydrogen) atoms. The second-order valence-electron chi connectivity index (χ2n) is 3.60. The Balaban J connectivity index is 2.62. The van der Waals surface area contributed by atoms with Gasteiger partial charge in [0.25, 0.3) is 5.69 Å². The number of halogens is 1. The molecule has 92 valence electrons. The van der Waals surface area contributed by atoms with Gasteiger partial charge in [-0.25, -0.2) is 0 Å². The van der Waals surface area contributed by atoms with Gasteiger partial charge >= 0.3 is 0 Å². The number of rotatable bonds is 3. The van der Waals surface area contributed by atoms with Gasteiger partial charge < -0.3 is 0 Å². The third-order valence-corrected chi connectivity index (χ3v) is 3.40. The van der Waals surface area contributed by atoms with E-state index in [1.165, 1.54) is 16.8 Å². The molecular formula is C11H8BrN3O3. The number of aryl methyl sites for hydroxylation is 1. The standard InChI is InChI=1S/C11H8BrN3O3/c1-14-11(12)9(6-16)10(13-14)7-3-2-4-8(5-7)15(17)18/h2-6H,1H3. The van der Waals surface area contributed by atoms with E-state index in [1.807, 2.05) is 0 Å². The fourth-order valence-electron chi connectivity index (χ4n) is 1.60. The molecule has 2 rings (SSSR count). The molecule has 0 atom stereocenters. The fraction of sp³-hybridized carbons (Fsp3) is 0.0909. The molecule has 0 aliphatic carbocycles. The van der Waals surface area contributed by atoms with E-state index in [-0.39, 0.29) is 5.69 Å². The molecule has 0 fully saturated rings. The van der Waals surface area contributed by atoms with Gasteiger partial charge in [-0.3, -0.25) is 19.6 Å². The van der Waals surface area contributed by atoms with Crippen LogP contribution >= 0.6 is 15.9 Å². The third-order valence-electron chi connectivity index (χ3n) is 2.46. The lowest BCUT2D eigenvalue weighted by molar-refractivity contribution is -0.384. The van der Waals surface area contributed by atoms with Crippen LogP contribution in [0.3, 0.4) is 0 Å². The maximum atomic E-state index is 11.0. The second-order valence-corrected chi connectivity index (χ2v) is 4.35. The largest absolute Gasteiger partial charge is 0.298 e. The van der Waals surface area contributed by atoms with Gasteiger partial charge in [0.2, 0.25) is 0 Å². The average Bonchev–Trinajstić information content (AvgIpc) is 2.65. The van der Waals surface area contributed by atoms with E-state index in [2.05, 4.69) is 21.0 Å². The van der Waals surface area contributed by atoms with Gasteiger partial charge in [0.15, 0.2) is 6.29 Å². The van der Waals surface area contributed by atoms with Crippen molar-refractivity contribution in [1.29, 1.82) is 0 Å². The van der Waals surface area contributed by atoms with Crippen molar-refractivity contribution in [1.82, 2.24) is 9.78 Å². The van der Waals surface area contributed by atoms with E-state index in [9.17, 15) is 14.9 Å². The number of benzene rings is 1. The number of nitro groups is 1. The Morgan fingerprint density at radius 3 is 2.83 bits per heavy atom. The molecule has 0 aliphatic heterocycles. The van der Waals surface area contributed by atoms with Crippen molar-refractivity contribution in [3.63, 3.8) is 0 Å². The number of carbonyl (C=O) groups excluding carboxylic acids is 1. The molecule has 0 saturated carbocycles. The smallest absolute Gasteiger partial charge is 0.270 e. The third kappa shape index (κ3) is 2.04. The number of non-ortho nitro benzene ring substituents is 1. The molecule has 0 N–H and O–H groups in total. The van der Waals surface area contributed by atoms with Crippen LogP contribution in [0.25, 0.3) is 11.3 Å². The molecule has 0 radical (unpaired) electrons. The first-order valence-electron chi connectivity index (χ1n) is 4.97. The van der Waals surface area contributed by atoms with Crippen LogP contribution in [-0.2, 0) is 7.05 Å². The Bertz CT molecular complexity index is 636. The van der Waals surface area contributed by atoms with Crippen molar-refractivity contribution in [2.75, 3.05) is 0 Å². The van der Waals surface area contributed by atoms with E-state index < -0.39 is 4.92 Å². The number of nitrogens with zero attached hydrogens (tertiary/aromatic N) is 3. The van der Waals surface area contributed by atoms with Crippen LogP contribution in [0.4, 0.5) is 5.69 Å². The van der Waals surface area contributed by atoms with Gasteiger partial charge in [0.05, 0.1) is 10.5 Å². The monoisotopic (exact) mass is 309 g/mol. The second kappa shape index (κ2) is 4.69. The lowest BCUT2D eigenvalue weighted by Gasteiger charge is -1.98. The first-order chi connectivity index (χ1) is 8.54. The molecule has 6 nitrogen and oxygen atoms in total. The van der Waals surface area contributed by atoms with Crippen LogP contribution in [0, 0.1) is 10.1 Å². The summed E-state index contributed by atoms with van der Waals surface area (Å²) in [7, 11) is 1.68. The summed E-state index contributed by atoms with van der Waals surface area (Å²) in [6.45, 7) is 0. The Hall–Kier alpha value is -2.02. The highest BCUT2D eigenvalue weighted by Crippen LogP contribution is 2.29. The number of aromatic nitrogens is 2. The number of nitro benzene ring substituents is 1. The molecule has 0 amide bonds. The Kier molecular flexibility index (Phi) is 3.24. The van der Waals surface area contributed by atoms with Crippen LogP contribution in [-0.4, -0.2) is 21.0 Å². The highest BCUT2D eigenvalue weighted by molar-refractivity contribution is 9.10. The maximum absolute atomic E-state index is 11.0. The summed E-state index contributed by atoms with van der Waals surface area (Å²) in [5.41, 5.74) is 1.29. The molecule has 0 aliphatic rings. The van der Waals surface area contributed by atoms with Crippen LogP contribution in [0.15, 0.2) is 28.9 Å². The Morgan fingerprint density at radius 2 is 2.22 bits per heavy atom. The highest BCUT2D eigenvalue weighted by Gasteiger charge is 2.17. The van der Waals surface area contributed by atoms with Crippen molar-refractivity contribution in [3.05, 3.63) is 44.5 Å². The molecule has 1 aromatic carbocycles. The summed E-state index contributed by atoms with van der Waals surface area (Å²) in [6.07, 6.45) is 0.672. The van der Waals surface area contributed by atoms with E-state index in [1.54, 1.807) is 19.2 Å². The molecule has 0 saturated heterocycles. The molecule has 2 aromatic rings. The molecule has 1 heterocycles. The van der Waals surface area contributed by atoms with Crippen LogP contribution < -0.4 is 0 Å². The van der Waals surface area contributed by atoms with Gasteiger partial charge in [-0.05, 0) is 15.9 Å². The summed E-state index contributed by atoms with van der Waals surface area (Å²) in [5, 5.41) is 14.9. The van der Waals surface area contributed by atoms with Crippen LogP contribution in [0.1, 0.15) is 10.4 Å². The minimum Gasteiger partial charge on any atom is -0.298 e. The Labute approximate surface area is 111 Å². The number of carbonyl (C=O) groups is 1. The van der Waals surface area contributed by atoms with Crippen molar-refractivity contribution in [3.8, 4) is 11.3 Å². The van der Waals surface area contributed by atoms with E-state index in [4.69, 9.17) is 0 Å². The average molecular weight is 310 g/mol. The zero-order valence-electron chi connectivity index (χ0n) is 9.33. The number of hydrogen-bond donors (Lipinski definition) is 0. The van der Waals surface area contributed by atoms with Crippen LogP contribution in [0.5, 0.6) is 0 Å².